The molecule has 8 aromatic carbocycles. The maximum absolute atomic E-state index is 9.96. The van der Waals surface area contributed by atoms with Crippen LogP contribution in [0, 0.1) is 11.7 Å². The molecule has 69 heavy (non-hydrogen) atoms. The third-order valence-electron chi connectivity index (χ3n) is 13.0. The number of para-hydroxylation sites is 4. The van der Waals surface area contributed by atoms with E-state index < -0.39 is 71.7 Å². The Bertz CT molecular complexity index is 4190. The number of hydrogen-bond donors (Lipinski definition) is 0. The molecule has 1 unspecified atom stereocenters. The highest BCUT2D eigenvalue weighted by atomic mass is 16.5. The molecule has 11 rings (SSSR count). The molecule has 5 heteroatoms. The van der Waals surface area contributed by atoms with E-state index in [-0.39, 0.29) is 33.4 Å². The zero-order valence-electron chi connectivity index (χ0n) is 50.6. The second kappa shape index (κ2) is 17.2. The fraction of sp³-hybridized carbons (Fsp3) is 0.156. The van der Waals surface area contributed by atoms with Gasteiger partial charge in [-0.3, -0.25) is 13.7 Å². The summed E-state index contributed by atoms with van der Waals surface area (Å²) < 4.78 is 110. The quantitative estimate of drug-likeness (QED) is 0.107. The molecule has 0 radical (unpaired) electrons. The van der Waals surface area contributed by atoms with Crippen LogP contribution < -0.4 is 9.30 Å². The van der Waals surface area contributed by atoms with Crippen molar-refractivity contribution in [2.75, 3.05) is 0 Å². The van der Waals surface area contributed by atoms with E-state index in [0.29, 0.717) is 34.0 Å². The molecule has 0 fully saturated rings. The highest BCUT2D eigenvalue weighted by molar-refractivity contribution is 6.09. The van der Waals surface area contributed by atoms with Crippen LogP contribution in [0.2, 0.25) is 0 Å². The molecule has 338 valence electrons. The van der Waals surface area contributed by atoms with E-state index in [2.05, 4.69) is 94.9 Å². The molecule has 3 aromatic heterocycles. The molecule has 0 spiro atoms. The number of ether oxygens (including phenoxy) is 1. The van der Waals surface area contributed by atoms with Gasteiger partial charge in [0.05, 0.1) is 47.1 Å². The first-order valence-corrected chi connectivity index (χ1v) is 23.0. The molecule has 0 aliphatic carbocycles. The third kappa shape index (κ3) is 8.08. The van der Waals surface area contributed by atoms with Gasteiger partial charge in [-0.1, -0.05) is 200 Å². The molecule has 0 aliphatic rings. The Kier molecular flexibility index (Phi) is 8.16. The van der Waals surface area contributed by atoms with Gasteiger partial charge in [0.15, 0.2) is 0 Å². The van der Waals surface area contributed by atoms with Crippen LogP contribution in [0.5, 0.6) is 11.5 Å². The first-order valence-electron chi connectivity index (χ1n) is 28.5. The second-order valence-electron chi connectivity index (χ2n) is 19.4. The zero-order chi connectivity index (χ0) is 57.1. The van der Waals surface area contributed by atoms with E-state index in [4.69, 9.17) is 23.4 Å². The van der Waals surface area contributed by atoms with Gasteiger partial charge in [0.2, 0.25) is 0 Å². The van der Waals surface area contributed by atoms with Gasteiger partial charge >= 0.3 is 0 Å². The average molecular weight is 908 g/mol. The minimum Gasteiger partial charge on any atom is -0.458 e. The summed E-state index contributed by atoms with van der Waals surface area (Å²) in [5.74, 6) is 0.665. The monoisotopic (exact) mass is 908 g/mol. The van der Waals surface area contributed by atoms with Gasteiger partial charge in [0.25, 0.3) is 6.33 Å². The summed E-state index contributed by atoms with van der Waals surface area (Å²) in [5.41, 5.74) is 7.28. The van der Waals surface area contributed by atoms with E-state index in [0.717, 1.165) is 38.5 Å². The van der Waals surface area contributed by atoms with Crippen LogP contribution in [0.1, 0.15) is 80.6 Å². The molecule has 0 amide bonds. The Morgan fingerprint density at radius 3 is 1.90 bits per heavy atom. The van der Waals surface area contributed by atoms with Gasteiger partial charge in [-0.15, -0.1) is 0 Å². The molecule has 3 heterocycles. The van der Waals surface area contributed by atoms with Gasteiger partial charge in [0, 0.05) is 30.0 Å². The zero-order valence-corrected chi connectivity index (χ0v) is 39.6. The first kappa shape index (κ1) is 32.6. The fourth-order valence-corrected chi connectivity index (χ4v) is 9.12. The lowest BCUT2D eigenvalue weighted by Crippen LogP contribution is -2.31. The van der Waals surface area contributed by atoms with E-state index in [1.807, 2.05) is 92.0 Å². The van der Waals surface area contributed by atoms with Crippen molar-refractivity contribution < 1.29 is 24.4 Å². The largest absolute Gasteiger partial charge is 0.458 e. The summed E-state index contributed by atoms with van der Waals surface area (Å²) in [6.45, 7) is 14.8. The summed E-state index contributed by atoms with van der Waals surface area (Å²) in [4.78, 5) is 5.16. The second-order valence-corrected chi connectivity index (χ2v) is 19.4. The standard InChI is InChI=1S/C64H56N4O/c1-43(63(2,3)4)55-40-61(65-41-56(55)46-32-34-47(35-33-46)64(5,6)7)68-57-29-15-14-26-53(57)54-37-36-50(39-60(54)68)69-49-25-18-24-48(38-49)66-42-67(59-31-17-16-30-58(59)66)62-51(44-20-10-8-11-21-44)27-19-28-52(62)45-22-12-9-13-23-45/h8-41,43H,1-7H3/i8D,9D,10D,11D,12D,13D,20D,21D,22D,23D,43D. The molecule has 1 atom stereocenters. The SMILES string of the molecule is [2H]c1c([2H])c([2H])c(-c2cccc(-c3c([2H])c([2H])c([2H])c([2H])c3[2H])c2-[n+]2[c-]n(-c3cccc(Oc4ccc5c6ccccc6n(-c6cc(C([2H])(C)C(C)(C)C)c(-c7ccc(C(C)(C)C)cc7)cn6)c5c4)c3)c3ccccc32)c([2H])c1[2H]. The topological polar surface area (TPSA) is 35.9 Å². The average Bonchev–Trinajstić information content (AvgIpc) is 4.03. The Balaban J connectivity index is 1.05. The number of benzene rings is 8. The van der Waals surface area contributed by atoms with Crippen molar-refractivity contribution in [3.8, 4) is 62.1 Å². The minimum absolute atomic E-state index is 0.0193. The van der Waals surface area contributed by atoms with Crippen molar-refractivity contribution in [2.45, 2.75) is 59.8 Å². The van der Waals surface area contributed by atoms with Crippen LogP contribution in [-0.4, -0.2) is 14.1 Å². The summed E-state index contributed by atoms with van der Waals surface area (Å²) in [6, 6.07) is 39.1. The maximum Gasteiger partial charge on any atom is 0.269 e. The van der Waals surface area contributed by atoms with E-state index in [9.17, 15) is 1.37 Å². The van der Waals surface area contributed by atoms with Crippen molar-refractivity contribution in [3.05, 3.63) is 224 Å². The predicted molar refractivity (Wildman–Crippen MR) is 285 cm³/mol. The van der Waals surface area contributed by atoms with Crippen LogP contribution in [0.15, 0.2) is 206 Å². The highest BCUT2D eigenvalue weighted by Gasteiger charge is 2.27. The van der Waals surface area contributed by atoms with E-state index in [1.54, 1.807) is 27.3 Å². The maximum atomic E-state index is 9.96. The Morgan fingerprint density at radius 1 is 0.594 bits per heavy atom. The van der Waals surface area contributed by atoms with E-state index >= 15 is 0 Å². The molecule has 0 saturated carbocycles. The Labute approximate surface area is 421 Å². The minimum atomic E-state index is -1.02. The smallest absolute Gasteiger partial charge is 0.269 e. The van der Waals surface area contributed by atoms with Gasteiger partial charge in [-0.25, -0.2) is 4.98 Å². The molecule has 0 N–H and O–H groups in total. The van der Waals surface area contributed by atoms with Gasteiger partial charge in [-0.2, -0.15) is 0 Å². The van der Waals surface area contributed by atoms with E-state index in [1.165, 1.54) is 5.56 Å². The van der Waals surface area contributed by atoms with Crippen molar-refractivity contribution in [3.63, 3.8) is 0 Å². The van der Waals surface area contributed by atoms with Crippen LogP contribution in [0.25, 0.3) is 83.4 Å². The van der Waals surface area contributed by atoms with Crippen LogP contribution in [0.3, 0.4) is 0 Å². The van der Waals surface area contributed by atoms with Crippen molar-refractivity contribution in [2.24, 2.45) is 5.41 Å². The normalized spacial score (nSPS) is 15.2. The number of rotatable bonds is 9. The van der Waals surface area contributed by atoms with Gasteiger partial charge < -0.3 is 4.74 Å². The summed E-state index contributed by atoms with van der Waals surface area (Å²) in [7, 11) is 0. The highest BCUT2D eigenvalue weighted by Crippen LogP contribution is 2.43. The van der Waals surface area contributed by atoms with Crippen LogP contribution in [0.4, 0.5) is 0 Å². The summed E-state index contributed by atoms with van der Waals surface area (Å²) in [6.07, 6.45) is 5.35. The Hall–Kier alpha value is -8.02. The molecule has 0 aliphatic heterocycles. The lowest BCUT2D eigenvalue weighted by atomic mass is 9.75. The molecular weight excluding hydrogens is 841 g/mol. The molecular formula is C64H56N4O. The number of imidazole rings is 1. The number of nitrogens with zero attached hydrogens (tertiary/aromatic N) is 4. The summed E-state index contributed by atoms with van der Waals surface area (Å²) >= 11 is 0. The Morgan fingerprint density at radius 2 is 1.22 bits per heavy atom. The number of pyridine rings is 1. The lowest BCUT2D eigenvalue weighted by molar-refractivity contribution is -0.571. The molecule has 0 bridgehead atoms. The third-order valence-corrected chi connectivity index (χ3v) is 13.0. The van der Waals surface area contributed by atoms with Crippen LogP contribution >= 0.6 is 0 Å². The van der Waals surface area contributed by atoms with Crippen molar-refractivity contribution in [1.82, 2.24) is 14.1 Å². The molecule has 0 saturated heterocycles. The first-order chi connectivity index (χ1) is 37.9. The number of fused-ring (bicyclic) bond motifs is 4. The van der Waals surface area contributed by atoms with Crippen molar-refractivity contribution in [1.29, 1.82) is 0 Å². The number of hydrogen-bond acceptors (Lipinski definition) is 2. The van der Waals surface area contributed by atoms with Gasteiger partial charge in [-0.05, 0) is 98.1 Å². The summed E-state index contributed by atoms with van der Waals surface area (Å²) in [5, 5.41) is 2.01. The predicted octanol–water partition coefficient (Wildman–Crippen LogP) is 16.4. The van der Waals surface area contributed by atoms with Crippen molar-refractivity contribution >= 4 is 32.8 Å². The van der Waals surface area contributed by atoms with Crippen LogP contribution in [-0.2, 0) is 5.41 Å². The molecule has 11 aromatic rings. The lowest BCUT2D eigenvalue weighted by Gasteiger charge is -2.30. The fourth-order valence-electron chi connectivity index (χ4n) is 9.12. The van der Waals surface area contributed by atoms with Gasteiger partial charge in [0.1, 0.15) is 17.3 Å². The molecule has 5 nitrogen and oxygen atoms in total. The number of aromatic nitrogens is 4.